The van der Waals surface area contributed by atoms with Crippen LogP contribution in [0.25, 0.3) is 5.32 Å². The molecule has 6 heteroatoms. The predicted molar refractivity (Wildman–Crippen MR) is 158 cm³/mol. The van der Waals surface area contributed by atoms with Gasteiger partial charge in [-0.2, -0.15) is 5.70 Å². The Bertz CT molecular complexity index is 1030. The fourth-order valence-electron chi connectivity index (χ4n) is 4.74. The third-order valence-corrected chi connectivity index (χ3v) is 14.0. The molecule has 0 aliphatic carbocycles. The number of benzene rings is 2. The van der Waals surface area contributed by atoms with Crippen molar-refractivity contribution in [3.63, 3.8) is 0 Å². The minimum absolute atomic E-state index is 0. The first-order valence-electron chi connectivity index (χ1n) is 11.6. The normalized spacial score (nSPS) is 22.6. The van der Waals surface area contributed by atoms with E-state index in [0.29, 0.717) is 0 Å². The summed E-state index contributed by atoms with van der Waals surface area (Å²) in [5, 5.41) is 8.35. The molecule has 0 saturated carbocycles. The van der Waals surface area contributed by atoms with Gasteiger partial charge in [-0.1, -0.05) is 60.2 Å². The van der Waals surface area contributed by atoms with Gasteiger partial charge >= 0.3 is 22.1 Å². The first-order chi connectivity index (χ1) is 16.0. The maximum absolute atomic E-state index is 9.43. The van der Waals surface area contributed by atoms with E-state index >= 15 is 0 Å². The summed E-state index contributed by atoms with van der Waals surface area (Å²) in [6, 6.07) is 18.5. The van der Waals surface area contributed by atoms with Crippen molar-refractivity contribution in [3.8, 4) is 0 Å². The van der Waals surface area contributed by atoms with Crippen LogP contribution in [-0.4, -0.2) is 38.5 Å². The van der Waals surface area contributed by atoms with Crippen molar-refractivity contribution in [2.75, 3.05) is 38.5 Å². The van der Waals surface area contributed by atoms with Gasteiger partial charge in [-0.05, 0) is 31.0 Å². The number of fused-ring (bicyclic) bond motifs is 4. The van der Waals surface area contributed by atoms with Gasteiger partial charge in [0.1, 0.15) is 0 Å². The zero-order valence-electron chi connectivity index (χ0n) is 21.1. The van der Waals surface area contributed by atoms with E-state index in [9.17, 15) is 3.32 Å². The van der Waals surface area contributed by atoms with Crippen LogP contribution in [0.3, 0.4) is 0 Å². The molecule has 183 valence electrons. The monoisotopic (exact) mass is 603 g/mol. The second kappa shape index (κ2) is 14.8. The van der Waals surface area contributed by atoms with E-state index in [0.717, 1.165) is 25.2 Å². The zero-order valence-corrected chi connectivity index (χ0v) is 25.8. The molecule has 2 aliphatic heterocycles. The van der Waals surface area contributed by atoms with Gasteiger partial charge in [-0.3, -0.25) is 0 Å². The van der Waals surface area contributed by atoms with Crippen LogP contribution in [0.15, 0.2) is 83.7 Å². The third-order valence-electron chi connectivity index (χ3n) is 6.52. The number of hydrogen-bond acceptors (Lipinski definition) is 0. The van der Waals surface area contributed by atoms with Crippen LogP contribution in [0.4, 0.5) is 3.32 Å². The third kappa shape index (κ3) is 7.90. The van der Waals surface area contributed by atoms with Crippen molar-refractivity contribution in [1.29, 1.82) is 0 Å². The molecule has 3 unspecified atom stereocenters. The topological polar surface area (TPSA) is 14.1 Å². The Hall–Kier alpha value is -0.697. The standard InChI is InChI=1S/C27H33NP3.CH3.FH.Ru/c1-21-19-29(2)16-17-30(3)27-15-8-6-11-23(27)20-31(4)26-14-7-5-10-22(26)18-24-12-9-13-25(21)28-24;;;/h5-15H,16-20H2,1-4H3;1H3;1H;/q2*-1;;+3/p+2. The molecule has 1 nitrogen and oxygen atoms in total. The number of rotatable bonds is 0. The van der Waals surface area contributed by atoms with E-state index < -0.39 is 15.8 Å². The van der Waals surface area contributed by atoms with Crippen LogP contribution in [0.5, 0.6) is 0 Å². The van der Waals surface area contributed by atoms with Crippen molar-refractivity contribution in [2.45, 2.75) is 19.5 Å². The molecule has 34 heavy (non-hydrogen) atoms. The fraction of sp³-hybridized carbons (Fsp3) is 0.321. The molecular weight excluding hydrogens is 563 g/mol. The molecule has 0 aromatic heterocycles. The van der Waals surface area contributed by atoms with E-state index in [-0.39, 0.29) is 15.3 Å². The van der Waals surface area contributed by atoms with Crippen LogP contribution in [0.2, 0.25) is 0 Å². The van der Waals surface area contributed by atoms with Crippen LogP contribution < -0.4 is 10.6 Å². The summed E-state index contributed by atoms with van der Waals surface area (Å²) < 4.78 is 9.43. The summed E-state index contributed by atoms with van der Waals surface area (Å²) in [7, 11) is -1.54. The fourth-order valence-corrected chi connectivity index (χ4v) is 12.9. The van der Waals surface area contributed by atoms with Crippen LogP contribution in [0, 0.1) is 7.43 Å². The van der Waals surface area contributed by atoms with Gasteiger partial charge < -0.3 is 12.7 Å². The molecule has 0 radical (unpaired) electrons. The van der Waals surface area contributed by atoms with Gasteiger partial charge in [0, 0.05) is 36.0 Å². The van der Waals surface area contributed by atoms with Gasteiger partial charge in [-0.25, -0.2) is 0 Å². The molecule has 2 aromatic rings. The van der Waals surface area contributed by atoms with Crippen molar-refractivity contribution >= 4 is 34.4 Å². The quantitative estimate of drug-likeness (QED) is 0.172. The molecule has 0 amide bonds. The number of hydrogen-bond donors (Lipinski definition) is 0. The first kappa shape index (κ1) is 29.5. The van der Waals surface area contributed by atoms with Crippen molar-refractivity contribution in [2.24, 2.45) is 0 Å². The summed E-state index contributed by atoms with van der Waals surface area (Å²) >= 11 is 0.850. The first-order valence-corrected chi connectivity index (χ1v) is 19.0. The van der Waals surface area contributed by atoms with Gasteiger partial charge in [0.05, 0.1) is 48.6 Å². The van der Waals surface area contributed by atoms with E-state index in [2.05, 4.69) is 93.7 Å². The Balaban J connectivity index is 0.00000133. The number of nitrogens with zero attached hydrogens (tertiary/aromatic N) is 1. The zero-order chi connectivity index (χ0) is 23.8. The predicted octanol–water partition coefficient (Wildman–Crippen LogP) is 7.19. The van der Waals surface area contributed by atoms with Crippen molar-refractivity contribution in [1.82, 2.24) is 0 Å². The summed E-state index contributed by atoms with van der Waals surface area (Å²) in [6.45, 7) is 9.86. The van der Waals surface area contributed by atoms with Gasteiger partial charge in [0.25, 0.3) is 0 Å². The summed E-state index contributed by atoms with van der Waals surface area (Å²) in [6.07, 6.45) is 12.8. The Morgan fingerprint density at radius 2 is 1.44 bits per heavy atom. The summed E-state index contributed by atoms with van der Waals surface area (Å²) in [4.78, 5) is 0. The molecule has 3 atom stereocenters. The second-order valence-electron chi connectivity index (χ2n) is 9.16. The Kier molecular flexibility index (Phi) is 12.8. The van der Waals surface area contributed by atoms with Crippen LogP contribution in [-0.2, 0) is 31.4 Å². The maximum atomic E-state index is 9.43. The minimum atomic E-state index is -0.671. The average molecular weight is 603 g/mol. The summed E-state index contributed by atoms with van der Waals surface area (Å²) in [5.74, 6) is 0. The van der Waals surface area contributed by atoms with Gasteiger partial charge in [-0.15, -0.1) is 5.70 Å². The molecule has 0 fully saturated rings. The van der Waals surface area contributed by atoms with Crippen LogP contribution >= 0.6 is 23.8 Å². The molecule has 0 spiro atoms. The molecular formula is C28H39FNP3Ru+3. The van der Waals surface area contributed by atoms with E-state index in [1.807, 2.05) is 0 Å². The molecule has 2 bridgehead atoms. The van der Waals surface area contributed by atoms with Gasteiger partial charge in [0.2, 0.25) is 0 Å². The van der Waals surface area contributed by atoms with E-state index in [1.165, 1.54) is 47.2 Å². The Morgan fingerprint density at radius 3 is 2.15 bits per heavy atom. The molecule has 4 rings (SSSR count). The summed E-state index contributed by atoms with van der Waals surface area (Å²) in [5.41, 5.74) is 6.97. The van der Waals surface area contributed by atoms with E-state index in [1.54, 1.807) is 16.2 Å². The molecule has 2 aliphatic rings. The molecule has 0 saturated heterocycles. The second-order valence-corrected chi connectivity index (χ2v) is 17.0. The number of allylic oxidation sites excluding steroid dienone is 5. The Labute approximate surface area is 221 Å². The molecule has 2 aromatic carbocycles. The molecule has 0 N–H and O–H groups in total. The average Bonchev–Trinajstić information content (AvgIpc) is 2.84. The van der Waals surface area contributed by atoms with Gasteiger partial charge in [0.15, 0.2) is 0 Å². The van der Waals surface area contributed by atoms with Crippen molar-refractivity contribution in [3.05, 3.63) is 108 Å². The Morgan fingerprint density at radius 1 is 0.824 bits per heavy atom. The van der Waals surface area contributed by atoms with Crippen molar-refractivity contribution < 1.29 is 22.1 Å². The SMILES string of the molecule is CC1=C2C=CC=C(Cc3ccccc3[PH+](C)Cc3ccccc3[PH+](C)CC[PH+](C)C1)[N-]2.[CH3-].[F][Ru+2]. The molecule has 2 heterocycles. The van der Waals surface area contributed by atoms with Crippen LogP contribution in [0.1, 0.15) is 18.1 Å². The van der Waals surface area contributed by atoms with E-state index in [4.69, 9.17) is 5.32 Å². The number of halogens is 1.